The Balaban J connectivity index is 3.76. The number of hydrogen-bond acceptors (Lipinski definition) is 5. The lowest BCUT2D eigenvalue weighted by molar-refractivity contribution is -0.0404. The van der Waals surface area contributed by atoms with Crippen LogP contribution in [-0.2, 0) is 9.47 Å². The lowest BCUT2D eigenvalue weighted by Crippen LogP contribution is -2.38. The second-order valence-electron chi connectivity index (χ2n) is 4.28. The molecule has 0 amide bonds. The van der Waals surface area contributed by atoms with Crippen molar-refractivity contribution in [2.75, 3.05) is 46.6 Å². The van der Waals surface area contributed by atoms with Gasteiger partial charge in [0.2, 0.25) is 0 Å². The highest BCUT2D eigenvalue weighted by Crippen LogP contribution is 1.98. The Bertz CT molecular complexity index is 163. The molecule has 0 bridgehead atoms. The molecule has 0 aromatic rings. The molecule has 0 radical (unpaired) electrons. The molecule has 0 aliphatic carbocycles. The van der Waals surface area contributed by atoms with Crippen LogP contribution in [0.15, 0.2) is 0 Å². The Morgan fingerprint density at radius 2 is 1.94 bits per heavy atom. The highest BCUT2D eigenvalue weighted by molar-refractivity contribution is 4.64. The Hall–Kier alpha value is -0.200. The summed E-state index contributed by atoms with van der Waals surface area (Å²) in [6, 6.07) is 0. The fourth-order valence-corrected chi connectivity index (χ4v) is 1.66. The van der Waals surface area contributed by atoms with Gasteiger partial charge in [-0.15, -0.1) is 0 Å². The summed E-state index contributed by atoms with van der Waals surface area (Å²) in [7, 11) is 1.63. The number of aliphatic hydroxyl groups excluding tert-OH is 2. The van der Waals surface area contributed by atoms with Crippen molar-refractivity contribution in [3.8, 4) is 0 Å². The Morgan fingerprint density at radius 3 is 2.47 bits per heavy atom. The van der Waals surface area contributed by atoms with E-state index in [4.69, 9.17) is 14.6 Å². The van der Waals surface area contributed by atoms with Crippen LogP contribution in [0.25, 0.3) is 0 Å². The predicted molar refractivity (Wildman–Crippen MR) is 67.1 cm³/mol. The average Bonchev–Trinajstić information content (AvgIpc) is 2.27. The van der Waals surface area contributed by atoms with Crippen LogP contribution in [0.4, 0.5) is 0 Å². The third-order valence-corrected chi connectivity index (χ3v) is 2.40. The van der Waals surface area contributed by atoms with Gasteiger partial charge in [-0.25, -0.2) is 0 Å². The van der Waals surface area contributed by atoms with Gasteiger partial charge in [0, 0.05) is 20.2 Å². The molecule has 2 N–H and O–H groups in total. The molecule has 0 aromatic carbocycles. The Labute approximate surface area is 104 Å². The smallest absolute Gasteiger partial charge is 0.0900 e. The maximum Gasteiger partial charge on any atom is 0.0900 e. The monoisotopic (exact) mass is 249 g/mol. The fraction of sp³-hybridized carbons (Fsp3) is 1.00. The van der Waals surface area contributed by atoms with Crippen molar-refractivity contribution in [2.24, 2.45) is 0 Å². The molecule has 0 aliphatic heterocycles. The van der Waals surface area contributed by atoms with Gasteiger partial charge in [-0.1, -0.05) is 6.92 Å². The summed E-state index contributed by atoms with van der Waals surface area (Å²) in [6.07, 6.45) is 0.479. The third kappa shape index (κ3) is 9.50. The van der Waals surface area contributed by atoms with Crippen molar-refractivity contribution in [1.29, 1.82) is 0 Å². The van der Waals surface area contributed by atoms with Crippen LogP contribution in [0.3, 0.4) is 0 Å². The topological polar surface area (TPSA) is 62.2 Å². The van der Waals surface area contributed by atoms with Gasteiger partial charge >= 0.3 is 0 Å². The summed E-state index contributed by atoms with van der Waals surface area (Å²) in [5, 5.41) is 18.7. The van der Waals surface area contributed by atoms with E-state index in [9.17, 15) is 5.11 Å². The normalized spacial score (nSPS) is 15.2. The van der Waals surface area contributed by atoms with Gasteiger partial charge in [0.1, 0.15) is 0 Å². The maximum absolute atomic E-state index is 9.80. The molecule has 0 spiro atoms. The molecule has 0 saturated carbocycles. The molecule has 0 fully saturated rings. The Morgan fingerprint density at radius 1 is 1.24 bits per heavy atom. The minimum absolute atomic E-state index is 0.00730. The Kier molecular flexibility index (Phi) is 10.8. The number of hydrogen-bond donors (Lipinski definition) is 2. The molecular weight excluding hydrogens is 222 g/mol. The molecule has 0 heterocycles. The van der Waals surface area contributed by atoms with Crippen molar-refractivity contribution in [1.82, 2.24) is 4.90 Å². The van der Waals surface area contributed by atoms with Crippen LogP contribution in [0.5, 0.6) is 0 Å². The lowest BCUT2D eigenvalue weighted by atomic mass is 10.3. The van der Waals surface area contributed by atoms with Crippen LogP contribution in [0.2, 0.25) is 0 Å². The largest absolute Gasteiger partial charge is 0.395 e. The van der Waals surface area contributed by atoms with Gasteiger partial charge in [0.15, 0.2) is 0 Å². The zero-order chi connectivity index (χ0) is 13.1. The number of methoxy groups -OCH3 is 1. The molecular formula is C12H27NO4. The fourth-order valence-electron chi connectivity index (χ4n) is 1.66. The van der Waals surface area contributed by atoms with E-state index in [1.165, 1.54) is 0 Å². The minimum Gasteiger partial charge on any atom is -0.395 e. The van der Waals surface area contributed by atoms with E-state index >= 15 is 0 Å². The molecule has 2 unspecified atom stereocenters. The number of rotatable bonds is 11. The van der Waals surface area contributed by atoms with Crippen molar-refractivity contribution in [2.45, 2.75) is 32.5 Å². The molecule has 0 aromatic heterocycles. The lowest BCUT2D eigenvalue weighted by Gasteiger charge is -2.24. The van der Waals surface area contributed by atoms with Gasteiger partial charge in [-0.3, -0.25) is 4.90 Å². The van der Waals surface area contributed by atoms with E-state index in [1.807, 2.05) is 11.8 Å². The zero-order valence-electron chi connectivity index (χ0n) is 11.3. The molecule has 2 atom stereocenters. The first-order valence-electron chi connectivity index (χ1n) is 6.25. The second-order valence-corrected chi connectivity index (χ2v) is 4.28. The molecule has 5 heteroatoms. The van der Waals surface area contributed by atoms with Crippen molar-refractivity contribution in [3.63, 3.8) is 0 Å². The van der Waals surface area contributed by atoms with Crippen molar-refractivity contribution >= 4 is 0 Å². The van der Waals surface area contributed by atoms with Crippen LogP contribution < -0.4 is 0 Å². The molecule has 17 heavy (non-hydrogen) atoms. The van der Waals surface area contributed by atoms with E-state index in [0.717, 1.165) is 13.0 Å². The van der Waals surface area contributed by atoms with Crippen LogP contribution in [0, 0.1) is 0 Å². The molecule has 0 saturated heterocycles. The van der Waals surface area contributed by atoms with Crippen molar-refractivity contribution < 1.29 is 19.7 Å². The van der Waals surface area contributed by atoms with Crippen molar-refractivity contribution in [3.05, 3.63) is 0 Å². The van der Waals surface area contributed by atoms with E-state index in [0.29, 0.717) is 26.3 Å². The first-order chi connectivity index (χ1) is 8.13. The summed E-state index contributed by atoms with van der Waals surface area (Å²) in [5.41, 5.74) is 0. The molecule has 5 nitrogen and oxygen atoms in total. The molecule has 0 rings (SSSR count). The standard InChI is InChI=1S/C12H27NO4/c1-4-5-13(6-7-14)8-12(15)10-17-11(2)9-16-3/h11-12,14-15H,4-10H2,1-3H3. The first kappa shape index (κ1) is 16.8. The quantitative estimate of drug-likeness (QED) is 0.544. The predicted octanol–water partition coefficient (Wildman–Crippen LogP) is 0.103. The van der Waals surface area contributed by atoms with Gasteiger partial charge in [0.25, 0.3) is 0 Å². The first-order valence-corrected chi connectivity index (χ1v) is 6.25. The second kappa shape index (κ2) is 10.9. The van der Waals surface area contributed by atoms with E-state index in [2.05, 4.69) is 6.92 Å². The van der Waals surface area contributed by atoms with Crippen LogP contribution in [-0.4, -0.2) is 73.9 Å². The van der Waals surface area contributed by atoms with E-state index in [1.54, 1.807) is 7.11 Å². The number of nitrogens with zero attached hydrogens (tertiary/aromatic N) is 1. The summed E-state index contributed by atoms with van der Waals surface area (Å²) >= 11 is 0. The summed E-state index contributed by atoms with van der Waals surface area (Å²) in [6.45, 7) is 6.95. The van der Waals surface area contributed by atoms with Gasteiger partial charge in [-0.05, 0) is 19.9 Å². The van der Waals surface area contributed by atoms with E-state index < -0.39 is 6.10 Å². The summed E-state index contributed by atoms with van der Waals surface area (Å²) < 4.78 is 10.4. The summed E-state index contributed by atoms with van der Waals surface area (Å²) in [5.74, 6) is 0. The van der Waals surface area contributed by atoms with Gasteiger partial charge < -0.3 is 19.7 Å². The maximum atomic E-state index is 9.80. The highest BCUT2D eigenvalue weighted by Gasteiger charge is 2.12. The van der Waals surface area contributed by atoms with E-state index in [-0.39, 0.29) is 12.7 Å². The molecule has 104 valence electrons. The average molecular weight is 249 g/mol. The number of aliphatic hydroxyl groups is 2. The SMILES string of the molecule is CCCN(CCO)CC(O)COC(C)COC. The number of ether oxygens (including phenoxy) is 2. The van der Waals surface area contributed by atoms with Gasteiger partial charge in [-0.2, -0.15) is 0 Å². The van der Waals surface area contributed by atoms with Crippen LogP contribution >= 0.6 is 0 Å². The highest BCUT2D eigenvalue weighted by atomic mass is 16.5. The molecule has 0 aliphatic rings. The van der Waals surface area contributed by atoms with Crippen LogP contribution in [0.1, 0.15) is 20.3 Å². The zero-order valence-corrected chi connectivity index (χ0v) is 11.3. The minimum atomic E-state index is -0.521. The third-order valence-electron chi connectivity index (χ3n) is 2.40. The van der Waals surface area contributed by atoms with Gasteiger partial charge in [0.05, 0.1) is 32.0 Å². The summed E-state index contributed by atoms with van der Waals surface area (Å²) in [4.78, 5) is 2.04.